The smallest absolute Gasteiger partial charge is 0.161 e. The average Bonchev–Trinajstić information content (AvgIpc) is 3.29. The number of rotatable bonds is 3. The summed E-state index contributed by atoms with van der Waals surface area (Å²) in [4.78, 5) is 4.88. The van der Waals surface area contributed by atoms with Crippen LogP contribution in [0.15, 0.2) is 48.5 Å². The lowest BCUT2D eigenvalue weighted by molar-refractivity contribution is 0.355. The molecule has 30 heavy (non-hydrogen) atoms. The van der Waals surface area contributed by atoms with Crippen molar-refractivity contribution >= 4 is 84.9 Å². The quantitative estimate of drug-likeness (QED) is 0.182. The molecule has 0 bridgehead atoms. The van der Waals surface area contributed by atoms with Crippen LogP contribution in [0, 0.1) is 12.7 Å². The van der Waals surface area contributed by atoms with Gasteiger partial charge < -0.3 is 14.4 Å². The van der Waals surface area contributed by atoms with E-state index in [9.17, 15) is 0 Å². The van der Waals surface area contributed by atoms with Gasteiger partial charge in [0.05, 0.1) is 41.1 Å². The highest BCUT2D eigenvalue weighted by Gasteiger charge is 2.31. The minimum Gasteiger partial charge on any atom is -0.493 e. The van der Waals surface area contributed by atoms with Gasteiger partial charge in [0.2, 0.25) is 0 Å². The molecule has 4 aromatic rings. The Morgan fingerprint density at radius 2 is 1.20 bits per heavy atom. The van der Waals surface area contributed by atoms with Gasteiger partial charge in [-0.2, -0.15) is 0 Å². The van der Waals surface area contributed by atoms with Crippen molar-refractivity contribution in [2.24, 2.45) is 0 Å². The predicted octanol–water partition coefficient (Wildman–Crippen LogP) is 8.46. The van der Waals surface area contributed by atoms with E-state index in [0.717, 1.165) is 11.5 Å². The Balaban J connectivity index is 1.88. The Morgan fingerprint density at radius 1 is 0.733 bits per heavy atom. The molecule has 0 saturated carbocycles. The first kappa shape index (κ1) is 20.6. The van der Waals surface area contributed by atoms with Crippen LogP contribution in [0.1, 0.15) is 5.56 Å². The Kier molecular flexibility index (Phi) is 5.49. The fourth-order valence-corrected chi connectivity index (χ4v) is 7.49. The zero-order valence-electron chi connectivity index (χ0n) is 16.5. The Bertz CT molecular complexity index is 1190. The van der Waals surface area contributed by atoms with Gasteiger partial charge in [-0.1, -0.05) is 17.7 Å². The second kappa shape index (κ2) is 7.99. The van der Waals surface area contributed by atoms with Gasteiger partial charge in [0.25, 0.3) is 0 Å². The van der Waals surface area contributed by atoms with E-state index in [1.54, 1.807) is 14.2 Å². The van der Waals surface area contributed by atoms with Crippen LogP contribution in [0.4, 0.5) is 17.1 Å². The van der Waals surface area contributed by atoms with Crippen LogP contribution in [0.3, 0.4) is 0 Å². The van der Waals surface area contributed by atoms with Gasteiger partial charge in [0, 0.05) is 16.8 Å². The summed E-state index contributed by atoms with van der Waals surface area (Å²) in [6.07, 6.45) is 0. The van der Waals surface area contributed by atoms with Crippen molar-refractivity contribution in [3.05, 3.63) is 59.9 Å². The molecule has 0 radical (unpaired) electrons. The number of methoxy groups -OCH3 is 2. The third kappa shape index (κ3) is 3.34. The molecule has 3 heterocycles. The molecule has 5 rings (SSSR count). The number of thiophene rings is 2. The molecule has 1 aliphatic heterocycles. The molecule has 1 aliphatic rings. The van der Waals surface area contributed by atoms with Gasteiger partial charge in [-0.25, -0.2) is 0 Å². The number of nitrogens with zero attached hydrogens (tertiary/aromatic N) is 1. The molecule has 7 heteroatoms. The maximum atomic E-state index is 5.65. The highest BCUT2D eigenvalue weighted by atomic mass is 127. The fraction of sp³-hybridized carbons (Fsp3) is 0.130. The van der Waals surface area contributed by atoms with E-state index in [2.05, 4.69) is 106 Å². The van der Waals surface area contributed by atoms with Gasteiger partial charge in [-0.05, 0) is 88.5 Å². The lowest BCUT2D eigenvalue weighted by Gasteiger charge is -2.24. The van der Waals surface area contributed by atoms with Crippen LogP contribution in [-0.2, 0) is 0 Å². The minimum atomic E-state index is 0.752. The predicted molar refractivity (Wildman–Crippen MR) is 145 cm³/mol. The lowest BCUT2D eigenvalue weighted by Crippen LogP contribution is -2.08. The number of fused-ring (bicyclic) bond motifs is 5. The summed E-state index contributed by atoms with van der Waals surface area (Å²) in [6.45, 7) is 2.12. The first-order chi connectivity index (χ1) is 14.5. The SMILES string of the molecule is COc1cc2c(cc1OC)-c1sc(I)cc1N(c1ccc(C)cc1)c1cc(I)sc1-2. The Labute approximate surface area is 210 Å². The maximum Gasteiger partial charge on any atom is 0.161 e. The highest BCUT2D eigenvalue weighted by Crippen LogP contribution is 2.57. The monoisotopic (exact) mass is 657 g/mol. The van der Waals surface area contributed by atoms with E-state index in [1.165, 1.54) is 49.3 Å². The van der Waals surface area contributed by atoms with Crippen LogP contribution in [0.2, 0.25) is 0 Å². The molecule has 152 valence electrons. The number of ether oxygens (including phenoxy) is 2. The van der Waals surface area contributed by atoms with Gasteiger partial charge in [-0.3, -0.25) is 0 Å². The molecular formula is C23H17I2NO2S2. The number of hydrogen-bond acceptors (Lipinski definition) is 5. The van der Waals surface area contributed by atoms with Crippen molar-refractivity contribution in [3.63, 3.8) is 0 Å². The van der Waals surface area contributed by atoms with Gasteiger partial charge >= 0.3 is 0 Å². The van der Waals surface area contributed by atoms with Crippen molar-refractivity contribution in [2.45, 2.75) is 6.92 Å². The van der Waals surface area contributed by atoms with Crippen LogP contribution >= 0.6 is 67.9 Å². The molecule has 0 fully saturated rings. The first-order valence-corrected chi connectivity index (χ1v) is 13.0. The summed E-state index contributed by atoms with van der Waals surface area (Å²) in [5.41, 5.74) is 7.20. The Morgan fingerprint density at radius 3 is 1.63 bits per heavy atom. The number of aryl methyl sites for hydroxylation is 1. The number of halogens is 2. The third-order valence-electron chi connectivity index (χ3n) is 5.15. The normalized spacial score (nSPS) is 12.1. The molecule has 2 aromatic carbocycles. The van der Waals surface area contributed by atoms with E-state index >= 15 is 0 Å². The molecule has 0 unspecified atom stereocenters. The number of anilines is 3. The standard InChI is InChI=1S/C23H17I2NO2S2/c1-12-4-6-13(7-5-12)26-16-10-20(24)29-22(16)14-8-18(27-2)19(28-3)9-15(14)23-17(26)11-21(25)30-23/h4-11H,1-3H3. The Hall–Kier alpha value is -1.30. The number of hydrogen-bond donors (Lipinski definition) is 0. The molecule has 0 saturated heterocycles. The summed E-state index contributed by atoms with van der Waals surface area (Å²) >= 11 is 8.46. The molecule has 0 amide bonds. The summed E-state index contributed by atoms with van der Waals surface area (Å²) in [7, 11) is 3.39. The van der Waals surface area contributed by atoms with Crippen LogP contribution < -0.4 is 14.4 Å². The number of benzene rings is 2. The summed E-state index contributed by atoms with van der Waals surface area (Å²) in [6, 6.07) is 17.6. The molecule has 0 atom stereocenters. The van der Waals surface area contributed by atoms with Crippen molar-refractivity contribution in [2.75, 3.05) is 19.1 Å². The zero-order chi connectivity index (χ0) is 21.0. The highest BCUT2D eigenvalue weighted by molar-refractivity contribution is 14.1. The second-order valence-electron chi connectivity index (χ2n) is 6.95. The molecule has 0 aliphatic carbocycles. The van der Waals surface area contributed by atoms with Gasteiger partial charge in [-0.15, -0.1) is 22.7 Å². The summed E-state index contributed by atoms with van der Waals surface area (Å²) < 4.78 is 13.8. The van der Waals surface area contributed by atoms with Gasteiger partial charge in [0.15, 0.2) is 11.5 Å². The van der Waals surface area contributed by atoms with Crippen molar-refractivity contribution in [1.29, 1.82) is 0 Å². The van der Waals surface area contributed by atoms with E-state index < -0.39 is 0 Å². The van der Waals surface area contributed by atoms with Crippen LogP contribution in [0.25, 0.3) is 20.9 Å². The lowest BCUT2D eigenvalue weighted by atomic mass is 10.0. The first-order valence-electron chi connectivity index (χ1n) is 9.22. The van der Waals surface area contributed by atoms with Gasteiger partial charge in [0.1, 0.15) is 0 Å². The van der Waals surface area contributed by atoms with Crippen molar-refractivity contribution in [3.8, 4) is 32.4 Å². The topological polar surface area (TPSA) is 21.7 Å². The van der Waals surface area contributed by atoms with E-state index in [4.69, 9.17) is 9.47 Å². The fourth-order valence-electron chi connectivity index (χ4n) is 3.78. The molecular weight excluding hydrogens is 640 g/mol. The van der Waals surface area contributed by atoms with Crippen molar-refractivity contribution in [1.82, 2.24) is 0 Å². The minimum absolute atomic E-state index is 0.752. The summed E-state index contributed by atoms with van der Waals surface area (Å²) in [5.74, 6) is 1.50. The van der Waals surface area contributed by atoms with Crippen LogP contribution in [0.5, 0.6) is 11.5 Å². The largest absolute Gasteiger partial charge is 0.493 e. The van der Waals surface area contributed by atoms with Crippen molar-refractivity contribution < 1.29 is 9.47 Å². The maximum absolute atomic E-state index is 5.65. The third-order valence-corrected chi connectivity index (χ3v) is 8.99. The van der Waals surface area contributed by atoms with E-state index in [1.807, 2.05) is 22.7 Å². The molecule has 2 aromatic heterocycles. The summed E-state index contributed by atoms with van der Waals surface area (Å²) in [5, 5.41) is 0. The zero-order valence-corrected chi connectivity index (χ0v) is 22.4. The van der Waals surface area contributed by atoms with E-state index in [0.29, 0.717) is 0 Å². The average molecular weight is 657 g/mol. The molecule has 0 spiro atoms. The second-order valence-corrected chi connectivity index (χ2v) is 12.8. The molecule has 0 N–H and O–H groups in total. The molecule has 3 nitrogen and oxygen atoms in total. The van der Waals surface area contributed by atoms with E-state index in [-0.39, 0.29) is 0 Å². The van der Waals surface area contributed by atoms with Crippen LogP contribution in [-0.4, -0.2) is 14.2 Å².